The Labute approximate surface area is 143 Å². The third-order valence-electron chi connectivity index (χ3n) is 5.51. The van der Waals surface area contributed by atoms with Gasteiger partial charge in [0.25, 0.3) is 0 Å². The first kappa shape index (κ1) is 13.1. The highest BCUT2D eigenvalue weighted by atomic mass is 16.3. The van der Waals surface area contributed by atoms with Crippen LogP contribution < -0.4 is 0 Å². The van der Waals surface area contributed by atoms with E-state index in [1.165, 1.54) is 49.2 Å². The summed E-state index contributed by atoms with van der Waals surface area (Å²) in [5, 5.41) is 6.19. The van der Waals surface area contributed by atoms with E-state index in [4.69, 9.17) is 4.42 Å². The van der Waals surface area contributed by atoms with Crippen molar-refractivity contribution in [3.63, 3.8) is 0 Å². The highest BCUT2D eigenvalue weighted by Gasteiger charge is 2.21. The zero-order valence-electron chi connectivity index (χ0n) is 13.8. The lowest BCUT2D eigenvalue weighted by atomic mass is 10.0. The van der Waals surface area contributed by atoms with Gasteiger partial charge in [0.05, 0.1) is 16.4 Å². The second-order valence-corrected chi connectivity index (χ2v) is 6.67. The van der Waals surface area contributed by atoms with Crippen LogP contribution in [-0.4, -0.2) is 4.40 Å². The van der Waals surface area contributed by atoms with Crippen LogP contribution in [0.1, 0.15) is 11.3 Å². The molecule has 3 heterocycles. The van der Waals surface area contributed by atoms with Crippen molar-refractivity contribution in [2.75, 3.05) is 0 Å². The Morgan fingerprint density at radius 2 is 1.56 bits per heavy atom. The molecule has 6 aromatic rings. The molecular weight excluding hydrogens is 306 g/mol. The van der Waals surface area contributed by atoms with Crippen molar-refractivity contribution >= 4 is 55.2 Å². The predicted octanol–water partition coefficient (Wildman–Crippen LogP) is 6.53. The number of benzene rings is 3. The van der Waals surface area contributed by atoms with Crippen molar-refractivity contribution in [3.05, 3.63) is 72.4 Å². The van der Waals surface area contributed by atoms with Gasteiger partial charge in [0.15, 0.2) is 0 Å². The molecule has 2 heteroatoms. The number of aromatic nitrogens is 1. The highest BCUT2D eigenvalue weighted by molar-refractivity contribution is 6.26. The minimum atomic E-state index is 0.937. The number of furan rings is 1. The Bertz CT molecular complexity index is 1460. The van der Waals surface area contributed by atoms with E-state index in [9.17, 15) is 0 Å². The Kier molecular flexibility index (Phi) is 2.21. The van der Waals surface area contributed by atoms with Crippen molar-refractivity contribution in [3.8, 4) is 0 Å². The maximum atomic E-state index is 6.11. The summed E-state index contributed by atoms with van der Waals surface area (Å²) < 4.78 is 8.50. The normalized spacial score (nSPS) is 12.4. The van der Waals surface area contributed by atoms with E-state index in [1.54, 1.807) is 0 Å². The zero-order chi connectivity index (χ0) is 16.7. The SMILES string of the molecule is C=Cc1c(C)n2c3c1cccc3c1ccc3oc4ccccc4c3c12. The highest BCUT2D eigenvalue weighted by Crippen LogP contribution is 2.42. The van der Waals surface area contributed by atoms with Gasteiger partial charge in [0.1, 0.15) is 11.2 Å². The summed E-state index contributed by atoms with van der Waals surface area (Å²) in [4.78, 5) is 0. The quantitative estimate of drug-likeness (QED) is 0.336. The Morgan fingerprint density at radius 1 is 0.800 bits per heavy atom. The molecule has 0 saturated heterocycles. The predicted molar refractivity (Wildman–Crippen MR) is 106 cm³/mol. The molecule has 0 saturated carbocycles. The number of fused-ring (bicyclic) bond motifs is 7. The summed E-state index contributed by atoms with van der Waals surface area (Å²) in [5.74, 6) is 0. The second kappa shape index (κ2) is 4.22. The molecule has 2 nitrogen and oxygen atoms in total. The maximum absolute atomic E-state index is 6.11. The smallest absolute Gasteiger partial charge is 0.137 e. The average molecular weight is 321 g/mol. The molecule has 0 N–H and O–H groups in total. The lowest BCUT2D eigenvalue weighted by molar-refractivity contribution is 0.669. The van der Waals surface area contributed by atoms with Crippen molar-refractivity contribution in [1.82, 2.24) is 4.40 Å². The van der Waals surface area contributed by atoms with E-state index in [-0.39, 0.29) is 0 Å². The molecule has 0 aliphatic carbocycles. The van der Waals surface area contributed by atoms with Gasteiger partial charge < -0.3 is 8.82 Å². The lowest BCUT2D eigenvalue weighted by Crippen LogP contribution is -1.86. The summed E-state index contributed by atoms with van der Waals surface area (Å²) in [6.45, 7) is 6.21. The lowest BCUT2D eigenvalue weighted by Gasteiger charge is -2.00. The molecule has 0 atom stereocenters. The van der Waals surface area contributed by atoms with Gasteiger partial charge in [-0.2, -0.15) is 0 Å². The summed E-state index contributed by atoms with van der Waals surface area (Å²) in [5.41, 5.74) is 6.84. The van der Waals surface area contributed by atoms with Crippen molar-refractivity contribution in [2.24, 2.45) is 0 Å². The summed E-state index contributed by atoms with van der Waals surface area (Å²) >= 11 is 0. The number of nitrogens with zero attached hydrogens (tertiary/aromatic N) is 1. The Balaban J connectivity index is 2.06. The van der Waals surface area contributed by atoms with Crippen LogP contribution in [0.2, 0.25) is 0 Å². The third kappa shape index (κ3) is 1.38. The van der Waals surface area contributed by atoms with E-state index in [0.717, 1.165) is 11.2 Å². The molecule has 0 bridgehead atoms. The fraction of sp³-hybridized carbons (Fsp3) is 0.0435. The molecule has 0 radical (unpaired) electrons. The van der Waals surface area contributed by atoms with Gasteiger partial charge in [-0.25, -0.2) is 0 Å². The number of hydrogen-bond acceptors (Lipinski definition) is 1. The van der Waals surface area contributed by atoms with Crippen LogP contribution >= 0.6 is 0 Å². The van der Waals surface area contributed by atoms with Crippen LogP contribution in [0.4, 0.5) is 0 Å². The molecule has 0 aliphatic heterocycles. The molecule has 6 rings (SSSR count). The van der Waals surface area contributed by atoms with E-state index < -0.39 is 0 Å². The van der Waals surface area contributed by atoms with Crippen LogP contribution in [0.25, 0.3) is 55.2 Å². The minimum absolute atomic E-state index is 0.937. The molecule has 3 aromatic carbocycles. The number of para-hydroxylation sites is 2. The molecule has 0 spiro atoms. The van der Waals surface area contributed by atoms with Crippen molar-refractivity contribution < 1.29 is 4.42 Å². The first-order chi connectivity index (χ1) is 12.3. The average Bonchev–Trinajstić information content (AvgIpc) is 3.26. The van der Waals surface area contributed by atoms with Gasteiger partial charge in [-0.15, -0.1) is 0 Å². The Hall–Kier alpha value is -3.26. The monoisotopic (exact) mass is 321 g/mol. The zero-order valence-corrected chi connectivity index (χ0v) is 13.8. The summed E-state index contributed by atoms with van der Waals surface area (Å²) in [7, 11) is 0. The third-order valence-corrected chi connectivity index (χ3v) is 5.51. The Morgan fingerprint density at radius 3 is 2.44 bits per heavy atom. The second-order valence-electron chi connectivity index (χ2n) is 6.67. The van der Waals surface area contributed by atoms with Crippen LogP contribution in [0, 0.1) is 6.92 Å². The molecule has 118 valence electrons. The van der Waals surface area contributed by atoms with Gasteiger partial charge in [0.2, 0.25) is 0 Å². The first-order valence-corrected chi connectivity index (χ1v) is 8.51. The van der Waals surface area contributed by atoms with E-state index >= 15 is 0 Å². The van der Waals surface area contributed by atoms with E-state index in [0.29, 0.717) is 0 Å². The van der Waals surface area contributed by atoms with Crippen molar-refractivity contribution in [2.45, 2.75) is 6.92 Å². The number of rotatable bonds is 1. The standard InChI is InChI=1S/C23H15NO/c1-3-14-13(2)24-22-15(14)8-6-9-16(22)17-11-12-20-21(23(17)24)18-7-4-5-10-19(18)25-20/h3-12H,1H2,2H3. The maximum Gasteiger partial charge on any atom is 0.137 e. The topological polar surface area (TPSA) is 17.6 Å². The van der Waals surface area contributed by atoms with Crippen LogP contribution in [0.5, 0.6) is 0 Å². The van der Waals surface area contributed by atoms with Crippen LogP contribution in [0.3, 0.4) is 0 Å². The molecule has 0 aliphatic rings. The van der Waals surface area contributed by atoms with Gasteiger partial charge in [0, 0.05) is 32.8 Å². The van der Waals surface area contributed by atoms with Gasteiger partial charge in [-0.3, -0.25) is 0 Å². The van der Waals surface area contributed by atoms with Crippen LogP contribution in [-0.2, 0) is 0 Å². The number of hydrogen-bond donors (Lipinski definition) is 0. The molecular formula is C23H15NO. The fourth-order valence-electron chi connectivity index (χ4n) is 4.49. The van der Waals surface area contributed by atoms with Gasteiger partial charge in [-0.1, -0.05) is 49.1 Å². The van der Waals surface area contributed by atoms with Crippen LogP contribution in [0.15, 0.2) is 65.6 Å². The van der Waals surface area contributed by atoms with E-state index in [1.807, 2.05) is 18.2 Å². The molecule has 0 fully saturated rings. The first-order valence-electron chi connectivity index (χ1n) is 8.51. The van der Waals surface area contributed by atoms with E-state index in [2.05, 4.69) is 60.4 Å². The largest absolute Gasteiger partial charge is 0.456 e. The molecule has 25 heavy (non-hydrogen) atoms. The number of aryl methyl sites for hydroxylation is 1. The molecule has 0 unspecified atom stereocenters. The van der Waals surface area contributed by atoms with Gasteiger partial charge in [-0.05, 0) is 25.1 Å². The van der Waals surface area contributed by atoms with Crippen molar-refractivity contribution in [1.29, 1.82) is 0 Å². The minimum Gasteiger partial charge on any atom is -0.456 e. The molecule has 3 aromatic heterocycles. The summed E-state index contributed by atoms with van der Waals surface area (Å²) in [6.07, 6.45) is 1.97. The fourth-order valence-corrected chi connectivity index (χ4v) is 4.49. The summed E-state index contributed by atoms with van der Waals surface area (Å²) in [6, 6.07) is 19.1. The molecule has 0 amide bonds. The van der Waals surface area contributed by atoms with Gasteiger partial charge >= 0.3 is 0 Å².